The van der Waals surface area contributed by atoms with E-state index in [1.807, 2.05) is 7.11 Å². The third-order valence-corrected chi connectivity index (χ3v) is 19.2. The molecule has 0 heterocycles. The van der Waals surface area contributed by atoms with Crippen molar-refractivity contribution < 1.29 is 51.9 Å². The van der Waals surface area contributed by atoms with Crippen LogP contribution in [0, 0.1) is 0 Å². The van der Waals surface area contributed by atoms with Crippen LogP contribution in [0.1, 0.15) is 72.0 Å². The second-order valence-corrected chi connectivity index (χ2v) is 28.3. The first-order chi connectivity index (χ1) is 20.1. The Morgan fingerprint density at radius 1 is 0.750 bits per heavy atom. The van der Waals surface area contributed by atoms with Gasteiger partial charge in [-0.25, -0.2) is 0 Å². The molecule has 0 spiro atoms. The van der Waals surface area contributed by atoms with Gasteiger partial charge >= 0.3 is 266 Å². The Kier molecular flexibility index (Phi) is 10.8. The summed E-state index contributed by atoms with van der Waals surface area (Å²) in [5.41, 5.74) is 16.9. The summed E-state index contributed by atoms with van der Waals surface area (Å²) in [6, 6.07) is 31.6. The molecule has 1 nitrogen and oxygen atoms in total. The maximum Gasteiger partial charge on any atom is -1.00 e. The summed E-state index contributed by atoms with van der Waals surface area (Å²) in [4.78, 5) is 0. The molecular formula is C39H42Cl2OSiZr. The first-order valence-corrected chi connectivity index (χ1v) is 23.8. The topological polar surface area (TPSA) is 9.23 Å². The predicted octanol–water partition coefficient (Wildman–Crippen LogP) is 4.43. The number of allylic oxidation sites excluding steroid dienone is 3. The van der Waals surface area contributed by atoms with E-state index in [0.29, 0.717) is 3.63 Å². The largest absolute Gasteiger partial charge is 1.00 e. The van der Waals surface area contributed by atoms with Crippen LogP contribution in [0.4, 0.5) is 0 Å². The van der Waals surface area contributed by atoms with Gasteiger partial charge in [-0.15, -0.1) is 0 Å². The van der Waals surface area contributed by atoms with Crippen molar-refractivity contribution in [1.29, 1.82) is 0 Å². The Labute approximate surface area is 289 Å². The molecule has 0 N–H and O–H groups in total. The van der Waals surface area contributed by atoms with Crippen molar-refractivity contribution >= 4 is 17.6 Å². The fraction of sp³-hybridized carbons (Fsp3) is 0.282. The minimum absolute atomic E-state index is 0. The van der Waals surface area contributed by atoms with Gasteiger partial charge in [-0.2, -0.15) is 0 Å². The van der Waals surface area contributed by atoms with Crippen molar-refractivity contribution in [3.63, 3.8) is 0 Å². The summed E-state index contributed by atoms with van der Waals surface area (Å²) in [6.07, 6.45) is 2.47. The fourth-order valence-electron chi connectivity index (χ4n) is 7.17. The molecule has 2 aliphatic rings. The maximum absolute atomic E-state index is 6.26. The van der Waals surface area contributed by atoms with Gasteiger partial charge in [-0.1, -0.05) is 0 Å². The van der Waals surface area contributed by atoms with E-state index in [1.54, 1.807) is 16.7 Å². The van der Waals surface area contributed by atoms with E-state index in [-0.39, 0.29) is 36.1 Å². The number of ether oxygens (including phenoxy) is 1. The molecule has 0 aromatic heterocycles. The van der Waals surface area contributed by atoms with Gasteiger partial charge in [0, 0.05) is 0 Å². The number of rotatable bonds is 6. The molecule has 0 amide bonds. The number of hydrogen-bond donors (Lipinski definition) is 0. The second-order valence-electron chi connectivity index (χ2n) is 13.3. The molecule has 0 saturated carbocycles. The average Bonchev–Trinajstić information content (AvgIpc) is 3.43. The van der Waals surface area contributed by atoms with Crippen LogP contribution in [0.2, 0.25) is 13.1 Å². The average molecular weight is 717 g/mol. The summed E-state index contributed by atoms with van der Waals surface area (Å²) in [5.74, 6) is 0.617. The predicted molar refractivity (Wildman–Crippen MR) is 180 cm³/mol. The van der Waals surface area contributed by atoms with E-state index in [1.165, 1.54) is 50.1 Å². The molecule has 0 bridgehead atoms. The Morgan fingerprint density at radius 3 is 1.93 bits per heavy atom. The molecular weight excluding hydrogens is 675 g/mol. The fourth-order valence-corrected chi connectivity index (χ4v) is 17.3. The summed E-state index contributed by atoms with van der Waals surface area (Å²) in [5, 5.41) is 0. The van der Waals surface area contributed by atoms with E-state index in [9.17, 15) is 0 Å². The van der Waals surface area contributed by atoms with E-state index < -0.39 is 28.3 Å². The first kappa shape index (κ1) is 34.7. The van der Waals surface area contributed by atoms with Gasteiger partial charge in [-0.3, -0.25) is 0 Å². The molecule has 4 aromatic carbocycles. The molecule has 4 aromatic rings. The zero-order valence-electron chi connectivity index (χ0n) is 27.1. The molecule has 0 radical (unpaired) electrons. The minimum Gasteiger partial charge on any atom is -1.00 e. The molecule has 0 aliphatic heterocycles. The van der Waals surface area contributed by atoms with Crippen molar-refractivity contribution in [2.45, 2.75) is 62.7 Å². The minimum atomic E-state index is -0.641. The van der Waals surface area contributed by atoms with Crippen LogP contribution in [0.15, 0.2) is 96.1 Å². The molecule has 6 rings (SSSR count). The van der Waals surface area contributed by atoms with Gasteiger partial charge in [-0.05, 0) is 0 Å². The van der Waals surface area contributed by atoms with Crippen LogP contribution in [-0.4, -0.2) is 13.0 Å². The standard InChI is InChI=1S/C37H35O.C2H7Si.2ClH.Zr/c1-23-20-27-18-13-19-28(25-14-9-7-10-15-25)34(27)33(23)32-24(2)21-29-30(32)22-31(37(3,4)5)36(38-6)35(29)26-16-11-8-12-17-26;1-3-2;;;/h7-22,32H,1-6H3;3H,1-2H3;2*1H;/q;;;;+2/p-2. The maximum atomic E-state index is 6.26. The molecule has 2 unspecified atom stereocenters. The third-order valence-electron chi connectivity index (χ3n) is 8.97. The van der Waals surface area contributed by atoms with E-state index in [2.05, 4.69) is 139 Å². The van der Waals surface area contributed by atoms with Gasteiger partial charge in [0.25, 0.3) is 0 Å². The van der Waals surface area contributed by atoms with E-state index in [4.69, 9.17) is 4.74 Å². The van der Waals surface area contributed by atoms with Crippen LogP contribution in [0.25, 0.3) is 33.9 Å². The van der Waals surface area contributed by atoms with Crippen LogP contribution >= 0.6 is 0 Å². The Balaban J connectivity index is 0.00000221. The molecule has 226 valence electrons. The number of hydrogen-bond acceptors (Lipinski definition) is 1. The second kappa shape index (κ2) is 13.7. The van der Waals surface area contributed by atoms with Crippen molar-refractivity contribution in [1.82, 2.24) is 0 Å². The first-order valence-electron chi connectivity index (χ1n) is 15.3. The zero-order chi connectivity index (χ0) is 29.8. The number of benzene rings is 4. The van der Waals surface area contributed by atoms with Gasteiger partial charge in [0.05, 0.1) is 0 Å². The van der Waals surface area contributed by atoms with Gasteiger partial charge in [0.1, 0.15) is 0 Å². The van der Waals surface area contributed by atoms with Crippen LogP contribution in [-0.2, 0) is 27.8 Å². The zero-order valence-corrected chi connectivity index (χ0v) is 32.2. The quantitative estimate of drug-likeness (QED) is 0.269. The molecule has 5 heteroatoms. The molecule has 2 aliphatic carbocycles. The Bertz CT molecular complexity index is 1720. The molecule has 44 heavy (non-hydrogen) atoms. The normalized spacial score (nSPS) is 16.9. The summed E-state index contributed by atoms with van der Waals surface area (Å²) in [6.45, 7) is 16.9. The van der Waals surface area contributed by atoms with Crippen LogP contribution < -0.4 is 29.6 Å². The molecule has 2 atom stereocenters. The number of methoxy groups -OCH3 is 1. The van der Waals surface area contributed by atoms with Crippen molar-refractivity contribution in [3.8, 4) is 28.0 Å². The monoisotopic (exact) mass is 714 g/mol. The summed E-state index contributed by atoms with van der Waals surface area (Å²) in [7, 11) is 1.84. The molecule has 0 fully saturated rings. The third kappa shape index (κ3) is 6.03. The van der Waals surface area contributed by atoms with Crippen LogP contribution in [0.5, 0.6) is 5.75 Å². The van der Waals surface area contributed by atoms with Crippen molar-refractivity contribution in [3.05, 3.63) is 124 Å². The summed E-state index contributed by atoms with van der Waals surface area (Å²) < 4.78 is 6.93. The Hall–Kier alpha value is -2.16. The Morgan fingerprint density at radius 2 is 1.36 bits per heavy atom. The van der Waals surface area contributed by atoms with E-state index in [0.717, 1.165) is 5.75 Å². The summed E-state index contributed by atoms with van der Waals surface area (Å²) >= 11 is -0.571. The van der Waals surface area contributed by atoms with Gasteiger partial charge in [0.2, 0.25) is 0 Å². The number of fused-ring (bicyclic) bond motifs is 2. The molecule has 0 saturated heterocycles. The van der Waals surface area contributed by atoms with Crippen molar-refractivity contribution in [2.75, 3.05) is 7.11 Å². The smallest absolute Gasteiger partial charge is 1.00 e. The number of halogens is 2. The van der Waals surface area contributed by atoms with Crippen molar-refractivity contribution in [2.24, 2.45) is 0 Å². The van der Waals surface area contributed by atoms with Crippen LogP contribution in [0.3, 0.4) is 0 Å². The van der Waals surface area contributed by atoms with Gasteiger partial charge < -0.3 is 24.8 Å². The van der Waals surface area contributed by atoms with Gasteiger partial charge in [0.15, 0.2) is 0 Å². The van der Waals surface area contributed by atoms with E-state index >= 15 is 0 Å². The SMILES string of the molecule is COc1c(C(C)(C)C)cc2c(c1-c1ccccc1)C=C(C)C2C1=C(C)[CH]([Zr+2][SiH](C)C)c2cccc(-c3ccccc3)c21.[Cl-].[Cl-].